The average Bonchev–Trinajstić information content (AvgIpc) is 2.82. The highest BCUT2D eigenvalue weighted by Gasteiger charge is 2.09. The minimum absolute atomic E-state index is 0.112. The molecule has 0 aromatic heterocycles. The van der Waals surface area contributed by atoms with Gasteiger partial charge in [-0.2, -0.15) is 0 Å². The van der Waals surface area contributed by atoms with E-state index in [9.17, 15) is 0 Å². The maximum Gasteiger partial charge on any atom is 0.0717 e. The maximum atomic E-state index is 8.61. The zero-order valence-electron chi connectivity index (χ0n) is 20.6. The summed E-state index contributed by atoms with van der Waals surface area (Å²) in [6, 6.07) is 10.1. The number of ether oxygens (including phenoxy) is 2. The zero-order chi connectivity index (χ0) is 23.0. The van der Waals surface area contributed by atoms with Crippen molar-refractivity contribution in [1.29, 1.82) is 0 Å². The molecule has 0 spiro atoms. The molecule has 0 saturated carbocycles. The highest BCUT2D eigenvalue weighted by Crippen LogP contribution is 2.13. The van der Waals surface area contributed by atoms with Gasteiger partial charge in [-0.1, -0.05) is 126 Å². The van der Waals surface area contributed by atoms with E-state index in [0.29, 0.717) is 26.4 Å². The Morgan fingerprint density at radius 1 is 0.750 bits per heavy atom. The van der Waals surface area contributed by atoms with E-state index in [4.69, 9.17) is 15.0 Å². The number of benzene rings is 1. The molecule has 0 saturated heterocycles. The first kappa shape index (κ1) is 28.5. The van der Waals surface area contributed by atoms with Crippen molar-refractivity contribution in [3.8, 4) is 0 Å². The molecule has 0 amide bonds. The maximum absolute atomic E-state index is 8.61. The highest BCUT2D eigenvalue weighted by molar-refractivity contribution is 5.13. The Hall–Kier alpha value is -1.55. The Bertz CT molecular complexity index is 561. The second-order valence-corrected chi connectivity index (χ2v) is 8.95. The van der Waals surface area contributed by atoms with E-state index in [0.717, 1.165) is 18.6 Å². The summed E-state index contributed by atoms with van der Waals surface area (Å²) >= 11 is 0. The van der Waals surface area contributed by atoms with Gasteiger partial charge in [-0.3, -0.25) is 0 Å². The van der Waals surface area contributed by atoms with Crippen LogP contribution in [0.4, 0.5) is 0 Å². The summed E-state index contributed by atoms with van der Waals surface area (Å²) in [5.74, 6) is 0.112. The van der Waals surface area contributed by atoms with Crippen molar-refractivity contribution in [3.05, 3.63) is 46.3 Å². The first-order chi connectivity index (χ1) is 15.9. The number of unbranched alkanes of at least 4 members (excludes halogenated alkanes) is 13. The van der Waals surface area contributed by atoms with Gasteiger partial charge in [0.2, 0.25) is 0 Å². The predicted octanol–water partition coefficient (Wildman–Crippen LogP) is 8.63. The third-order valence-corrected chi connectivity index (χ3v) is 5.86. The van der Waals surface area contributed by atoms with Crippen LogP contribution in [0.3, 0.4) is 0 Å². The molecule has 182 valence electrons. The fraction of sp³-hybridized carbons (Fsp3) is 0.778. The second-order valence-electron chi connectivity index (χ2n) is 8.95. The molecule has 1 aromatic rings. The molecule has 1 aromatic carbocycles. The Balaban J connectivity index is 1.92. The standard InChI is InChI=1S/C27H47N3O2/c1-2-3-4-5-6-7-8-9-10-11-12-13-14-18-21-31-24-27(22-29-30-28)25-32-23-26-19-16-15-17-20-26/h15-17,19-20,27H,2-14,18,21-25H2,1H3. The number of hydrogen-bond donors (Lipinski definition) is 0. The third-order valence-electron chi connectivity index (χ3n) is 5.86. The number of hydrogen-bond acceptors (Lipinski definition) is 3. The molecule has 0 N–H and O–H groups in total. The van der Waals surface area contributed by atoms with Crippen LogP contribution in [0, 0.1) is 5.92 Å². The summed E-state index contributed by atoms with van der Waals surface area (Å²) in [6.07, 6.45) is 19.1. The summed E-state index contributed by atoms with van der Waals surface area (Å²) in [5.41, 5.74) is 9.76. The molecular formula is C27H47N3O2. The minimum atomic E-state index is 0.112. The van der Waals surface area contributed by atoms with Crippen molar-refractivity contribution >= 4 is 0 Å². The van der Waals surface area contributed by atoms with Crippen molar-refractivity contribution < 1.29 is 9.47 Å². The lowest BCUT2D eigenvalue weighted by molar-refractivity contribution is 0.0349. The summed E-state index contributed by atoms with van der Waals surface area (Å²) in [7, 11) is 0. The lowest BCUT2D eigenvalue weighted by Gasteiger charge is -2.15. The molecule has 0 aliphatic heterocycles. The first-order valence-corrected chi connectivity index (χ1v) is 13.1. The molecule has 0 fully saturated rings. The van der Waals surface area contributed by atoms with E-state index in [1.54, 1.807) is 0 Å². The molecule has 5 heteroatoms. The van der Waals surface area contributed by atoms with Crippen molar-refractivity contribution in [2.75, 3.05) is 26.4 Å². The van der Waals surface area contributed by atoms with Gasteiger partial charge in [0, 0.05) is 24.0 Å². The Kier molecular flexibility index (Phi) is 20.1. The summed E-state index contributed by atoms with van der Waals surface area (Å²) < 4.78 is 11.6. The topological polar surface area (TPSA) is 67.2 Å². The minimum Gasteiger partial charge on any atom is -0.381 e. The fourth-order valence-corrected chi connectivity index (χ4v) is 3.87. The van der Waals surface area contributed by atoms with Gasteiger partial charge in [-0.15, -0.1) is 0 Å². The van der Waals surface area contributed by atoms with Gasteiger partial charge in [0.15, 0.2) is 0 Å². The largest absolute Gasteiger partial charge is 0.381 e. The quantitative estimate of drug-likeness (QED) is 0.0732. The molecule has 0 bridgehead atoms. The van der Waals surface area contributed by atoms with Gasteiger partial charge in [0.25, 0.3) is 0 Å². The fourth-order valence-electron chi connectivity index (χ4n) is 3.87. The lowest BCUT2D eigenvalue weighted by Crippen LogP contribution is -2.19. The molecule has 32 heavy (non-hydrogen) atoms. The van der Waals surface area contributed by atoms with Crippen LogP contribution in [0.25, 0.3) is 10.4 Å². The molecule has 1 unspecified atom stereocenters. The molecule has 1 rings (SSSR count). The SMILES string of the molecule is CCCCCCCCCCCCCCCCOCC(CN=[N+]=[N-])COCc1ccccc1. The summed E-state index contributed by atoms with van der Waals surface area (Å²) in [6.45, 7) is 5.19. The molecule has 1 atom stereocenters. The van der Waals surface area contributed by atoms with Crippen LogP contribution >= 0.6 is 0 Å². The molecule has 5 nitrogen and oxygen atoms in total. The van der Waals surface area contributed by atoms with Crippen molar-refractivity contribution in [2.24, 2.45) is 11.0 Å². The van der Waals surface area contributed by atoms with Crippen LogP contribution in [0.2, 0.25) is 0 Å². The second kappa shape index (κ2) is 22.6. The van der Waals surface area contributed by atoms with Gasteiger partial charge in [0.05, 0.1) is 19.8 Å². The summed E-state index contributed by atoms with van der Waals surface area (Å²) in [4.78, 5) is 2.88. The first-order valence-electron chi connectivity index (χ1n) is 13.1. The van der Waals surface area contributed by atoms with Gasteiger partial charge < -0.3 is 9.47 Å². The van der Waals surface area contributed by atoms with E-state index in [1.165, 1.54) is 83.5 Å². The van der Waals surface area contributed by atoms with Crippen LogP contribution in [0.5, 0.6) is 0 Å². The Morgan fingerprint density at radius 2 is 1.28 bits per heavy atom. The molecular weight excluding hydrogens is 398 g/mol. The predicted molar refractivity (Wildman–Crippen MR) is 135 cm³/mol. The van der Waals surface area contributed by atoms with Gasteiger partial charge in [-0.05, 0) is 17.5 Å². The van der Waals surface area contributed by atoms with E-state index in [1.807, 2.05) is 18.2 Å². The average molecular weight is 446 g/mol. The van der Waals surface area contributed by atoms with Gasteiger partial charge >= 0.3 is 0 Å². The van der Waals surface area contributed by atoms with Crippen LogP contribution in [0.15, 0.2) is 35.4 Å². The highest BCUT2D eigenvalue weighted by atomic mass is 16.5. The van der Waals surface area contributed by atoms with E-state index in [-0.39, 0.29) is 5.92 Å². The van der Waals surface area contributed by atoms with Crippen LogP contribution in [-0.2, 0) is 16.1 Å². The number of nitrogens with zero attached hydrogens (tertiary/aromatic N) is 3. The molecule has 0 radical (unpaired) electrons. The third kappa shape index (κ3) is 18.1. The van der Waals surface area contributed by atoms with Crippen molar-refractivity contribution in [1.82, 2.24) is 0 Å². The number of rotatable bonds is 23. The lowest BCUT2D eigenvalue weighted by atomic mass is 10.0. The van der Waals surface area contributed by atoms with E-state index < -0.39 is 0 Å². The monoisotopic (exact) mass is 445 g/mol. The molecule has 0 aliphatic carbocycles. The number of azide groups is 1. The van der Waals surface area contributed by atoms with Crippen molar-refractivity contribution in [2.45, 2.75) is 103 Å². The zero-order valence-corrected chi connectivity index (χ0v) is 20.6. The summed E-state index contributed by atoms with van der Waals surface area (Å²) in [5, 5.41) is 3.71. The molecule has 0 heterocycles. The smallest absolute Gasteiger partial charge is 0.0717 e. The van der Waals surface area contributed by atoms with E-state index >= 15 is 0 Å². The molecule has 0 aliphatic rings. The van der Waals surface area contributed by atoms with E-state index in [2.05, 4.69) is 29.1 Å². The van der Waals surface area contributed by atoms with Crippen molar-refractivity contribution in [3.63, 3.8) is 0 Å². The Labute approximate surface area is 196 Å². The normalized spacial score (nSPS) is 11.9. The van der Waals surface area contributed by atoms with Gasteiger partial charge in [-0.25, -0.2) is 0 Å². The van der Waals surface area contributed by atoms with Crippen LogP contribution in [-0.4, -0.2) is 26.4 Å². The van der Waals surface area contributed by atoms with Crippen LogP contribution in [0.1, 0.15) is 102 Å². The van der Waals surface area contributed by atoms with Gasteiger partial charge in [0.1, 0.15) is 0 Å². The Morgan fingerprint density at radius 3 is 1.84 bits per heavy atom. The van der Waals surface area contributed by atoms with Crippen LogP contribution < -0.4 is 0 Å².